The molecule has 9 heteroatoms. The molecule has 0 saturated carbocycles. The Morgan fingerprint density at radius 1 is 0.966 bits per heavy atom. The number of non-ortho nitro benzene ring substituents is 1. The van der Waals surface area contributed by atoms with Gasteiger partial charge in [-0.15, -0.1) is 0 Å². The quantitative estimate of drug-likeness (QED) is 0.399. The fraction of sp³-hybridized carbons (Fsp3) is 0.250. The monoisotopic (exact) mass is 399 g/mol. The first kappa shape index (κ1) is 21.5. The standard InChI is InChI=1S/C20H21N3O6/c1-13-3-4-14(2)17(11-13)22-19(25)12-29-20(26)10-9-18(24)21-15-5-7-16(8-6-15)23(27)28/h3-8,11H,9-10,12H2,1-2H3,(H,21,24)(H,22,25). The lowest BCUT2D eigenvalue weighted by atomic mass is 10.1. The lowest BCUT2D eigenvalue weighted by Crippen LogP contribution is -2.22. The van der Waals surface area contributed by atoms with E-state index in [1.807, 2.05) is 32.0 Å². The first-order valence-corrected chi connectivity index (χ1v) is 8.81. The predicted octanol–water partition coefficient (Wildman–Crippen LogP) is 3.11. The van der Waals surface area contributed by atoms with E-state index in [0.29, 0.717) is 11.4 Å². The summed E-state index contributed by atoms with van der Waals surface area (Å²) in [6, 6.07) is 10.9. The van der Waals surface area contributed by atoms with Gasteiger partial charge in [0.2, 0.25) is 5.91 Å². The van der Waals surface area contributed by atoms with Crippen LogP contribution in [0, 0.1) is 24.0 Å². The smallest absolute Gasteiger partial charge is 0.306 e. The largest absolute Gasteiger partial charge is 0.456 e. The maximum absolute atomic E-state index is 11.9. The molecule has 9 nitrogen and oxygen atoms in total. The van der Waals surface area contributed by atoms with Crippen molar-refractivity contribution in [3.8, 4) is 0 Å². The molecule has 0 bridgehead atoms. The van der Waals surface area contributed by atoms with Crippen LogP contribution >= 0.6 is 0 Å². The Balaban J connectivity index is 1.72. The van der Waals surface area contributed by atoms with Crippen molar-refractivity contribution >= 4 is 34.8 Å². The number of carbonyl (C=O) groups excluding carboxylic acids is 3. The summed E-state index contributed by atoms with van der Waals surface area (Å²) in [5.41, 5.74) is 2.81. The van der Waals surface area contributed by atoms with E-state index in [4.69, 9.17) is 4.74 Å². The molecule has 0 aliphatic carbocycles. The maximum Gasteiger partial charge on any atom is 0.306 e. The third-order valence-electron chi connectivity index (χ3n) is 3.95. The zero-order chi connectivity index (χ0) is 21.4. The second-order valence-corrected chi connectivity index (χ2v) is 6.38. The van der Waals surface area contributed by atoms with E-state index in [0.717, 1.165) is 11.1 Å². The van der Waals surface area contributed by atoms with Crippen LogP contribution in [0.15, 0.2) is 42.5 Å². The van der Waals surface area contributed by atoms with E-state index >= 15 is 0 Å². The van der Waals surface area contributed by atoms with Gasteiger partial charge in [0.1, 0.15) is 0 Å². The number of ether oxygens (including phenoxy) is 1. The summed E-state index contributed by atoms with van der Waals surface area (Å²) in [6.45, 7) is 3.30. The summed E-state index contributed by atoms with van der Waals surface area (Å²) in [5.74, 6) is -1.60. The topological polar surface area (TPSA) is 128 Å². The van der Waals surface area contributed by atoms with E-state index in [1.54, 1.807) is 0 Å². The number of aryl methyl sites for hydroxylation is 2. The van der Waals surface area contributed by atoms with Crippen LogP contribution < -0.4 is 10.6 Å². The normalized spacial score (nSPS) is 10.1. The Bertz CT molecular complexity index is 924. The van der Waals surface area contributed by atoms with Gasteiger partial charge < -0.3 is 15.4 Å². The van der Waals surface area contributed by atoms with E-state index in [1.165, 1.54) is 24.3 Å². The summed E-state index contributed by atoms with van der Waals surface area (Å²) in [6.07, 6.45) is -0.343. The van der Waals surface area contributed by atoms with Crippen molar-refractivity contribution in [2.75, 3.05) is 17.2 Å². The highest BCUT2D eigenvalue weighted by Crippen LogP contribution is 2.17. The number of nitrogens with zero attached hydrogens (tertiary/aromatic N) is 1. The molecular weight excluding hydrogens is 378 g/mol. The van der Waals surface area contributed by atoms with Gasteiger partial charge in [0, 0.05) is 29.9 Å². The van der Waals surface area contributed by atoms with Gasteiger partial charge in [-0.2, -0.15) is 0 Å². The molecule has 0 heterocycles. The van der Waals surface area contributed by atoms with Crippen LogP contribution in [0.4, 0.5) is 17.1 Å². The van der Waals surface area contributed by atoms with Crippen molar-refractivity contribution in [3.63, 3.8) is 0 Å². The molecule has 2 N–H and O–H groups in total. The van der Waals surface area contributed by atoms with Crippen LogP contribution in [0.2, 0.25) is 0 Å². The lowest BCUT2D eigenvalue weighted by Gasteiger charge is -2.10. The van der Waals surface area contributed by atoms with Crippen LogP contribution in [-0.2, 0) is 19.1 Å². The third-order valence-corrected chi connectivity index (χ3v) is 3.95. The molecule has 0 fully saturated rings. The van der Waals surface area contributed by atoms with E-state index in [2.05, 4.69) is 10.6 Å². The first-order valence-electron chi connectivity index (χ1n) is 8.81. The molecular formula is C20H21N3O6. The average Bonchev–Trinajstić information content (AvgIpc) is 2.68. The Labute approximate surface area is 167 Å². The number of rotatable bonds is 8. The van der Waals surface area contributed by atoms with Gasteiger partial charge >= 0.3 is 5.97 Å². The predicted molar refractivity (Wildman–Crippen MR) is 106 cm³/mol. The number of nitro groups is 1. The number of hydrogen-bond donors (Lipinski definition) is 2. The first-order chi connectivity index (χ1) is 13.7. The number of esters is 1. The highest BCUT2D eigenvalue weighted by atomic mass is 16.6. The zero-order valence-electron chi connectivity index (χ0n) is 16.1. The fourth-order valence-corrected chi connectivity index (χ4v) is 2.38. The highest BCUT2D eigenvalue weighted by Gasteiger charge is 2.12. The third kappa shape index (κ3) is 7.06. The Kier molecular flexibility index (Phi) is 7.41. The molecule has 2 aromatic rings. The molecule has 29 heavy (non-hydrogen) atoms. The van der Waals surface area contributed by atoms with Gasteiger partial charge in [-0.3, -0.25) is 24.5 Å². The van der Waals surface area contributed by atoms with Crippen molar-refractivity contribution < 1.29 is 24.0 Å². The Morgan fingerprint density at radius 3 is 2.31 bits per heavy atom. The van der Waals surface area contributed by atoms with Gasteiger partial charge in [-0.25, -0.2) is 0 Å². The van der Waals surface area contributed by atoms with Crippen LogP contribution in [0.25, 0.3) is 0 Å². The molecule has 0 atom stereocenters. The molecule has 2 amide bonds. The molecule has 152 valence electrons. The number of nitrogens with one attached hydrogen (secondary N) is 2. The number of anilines is 2. The Morgan fingerprint density at radius 2 is 1.66 bits per heavy atom. The highest BCUT2D eigenvalue weighted by molar-refractivity contribution is 5.94. The van der Waals surface area contributed by atoms with Crippen molar-refractivity contribution in [1.82, 2.24) is 0 Å². The van der Waals surface area contributed by atoms with E-state index in [-0.39, 0.29) is 18.5 Å². The zero-order valence-corrected chi connectivity index (χ0v) is 16.1. The van der Waals surface area contributed by atoms with Gasteiger partial charge in [0.25, 0.3) is 11.6 Å². The number of hydrogen-bond acceptors (Lipinski definition) is 6. The van der Waals surface area contributed by atoms with Crippen molar-refractivity contribution in [2.24, 2.45) is 0 Å². The number of amides is 2. The van der Waals surface area contributed by atoms with Crippen LogP contribution in [0.5, 0.6) is 0 Å². The summed E-state index contributed by atoms with van der Waals surface area (Å²) < 4.78 is 4.88. The van der Waals surface area contributed by atoms with Gasteiger partial charge in [0.15, 0.2) is 6.61 Å². The van der Waals surface area contributed by atoms with Crippen molar-refractivity contribution in [3.05, 3.63) is 63.7 Å². The van der Waals surface area contributed by atoms with Crippen LogP contribution in [-0.4, -0.2) is 29.3 Å². The second-order valence-electron chi connectivity index (χ2n) is 6.38. The lowest BCUT2D eigenvalue weighted by molar-refractivity contribution is -0.384. The summed E-state index contributed by atoms with van der Waals surface area (Å²) in [4.78, 5) is 45.6. The van der Waals surface area contributed by atoms with Gasteiger partial charge in [0.05, 0.1) is 11.3 Å². The maximum atomic E-state index is 11.9. The molecule has 0 spiro atoms. The summed E-state index contributed by atoms with van der Waals surface area (Å²) in [7, 11) is 0. The van der Waals surface area contributed by atoms with Gasteiger partial charge in [-0.1, -0.05) is 12.1 Å². The van der Waals surface area contributed by atoms with Crippen molar-refractivity contribution in [1.29, 1.82) is 0 Å². The molecule has 2 rings (SSSR count). The van der Waals surface area contributed by atoms with Crippen molar-refractivity contribution in [2.45, 2.75) is 26.7 Å². The van der Waals surface area contributed by atoms with Crippen LogP contribution in [0.1, 0.15) is 24.0 Å². The minimum atomic E-state index is -0.681. The number of nitro benzene ring substituents is 1. The summed E-state index contributed by atoms with van der Waals surface area (Å²) >= 11 is 0. The molecule has 0 aromatic heterocycles. The molecule has 0 unspecified atom stereocenters. The van der Waals surface area contributed by atoms with Crippen LogP contribution in [0.3, 0.4) is 0 Å². The second kappa shape index (κ2) is 9.98. The molecule has 2 aromatic carbocycles. The molecule has 0 aliphatic heterocycles. The number of benzene rings is 2. The fourth-order valence-electron chi connectivity index (χ4n) is 2.38. The number of carbonyl (C=O) groups is 3. The molecule has 0 saturated heterocycles. The minimum Gasteiger partial charge on any atom is -0.456 e. The Hall–Kier alpha value is -3.75. The van der Waals surface area contributed by atoms with E-state index < -0.39 is 29.3 Å². The van der Waals surface area contributed by atoms with E-state index in [9.17, 15) is 24.5 Å². The molecule has 0 radical (unpaired) electrons. The molecule has 0 aliphatic rings. The minimum absolute atomic E-state index is 0.0919. The average molecular weight is 399 g/mol. The summed E-state index contributed by atoms with van der Waals surface area (Å²) in [5, 5.41) is 15.8. The SMILES string of the molecule is Cc1ccc(C)c(NC(=O)COC(=O)CCC(=O)Nc2ccc([N+](=O)[O-])cc2)c1. The van der Waals surface area contributed by atoms with Gasteiger partial charge in [-0.05, 0) is 43.2 Å².